The van der Waals surface area contributed by atoms with E-state index in [9.17, 15) is 4.79 Å². The topological polar surface area (TPSA) is 41.4 Å². The lowest BCUT2D eigenvalue weighted by atomic mass is 10.0. The van der Waals surface area contributed by atoms with E-state index < -0.39 is 0 Å². The Morgan fingerprint density at radius 3 is 2.17 bits per heavy atom. The third-order valence-electron chi connectivity index (χ3n) is 5.32. The van der Waals surface area contributed by atoms with Crippen LogP contribution in [0.15, 0.2) is 60.7 Å². The van der Waals surface area contributed by atoms with Crippen LogP contribution in [0.1, 0.15) is 36.2 Å². The van der Waals surface area contributed by atoms with E-state index in [4.69, 9.17) is 5.10 Å². The zero-order chi connectivity index (χ0) is 21.0. The first-order valence-electron chi connectivity index (χ1n) is 10.1. The number of amides is 1. The maximum atomic E-state index is 13.4. The molecule has 0 N–H and O–H groups in total. The first-order valence-corrected chi connectivity index (χ1v) is 10.1. The van der Waals surface area contributed by atoms with Gasteiger partial charge in [0.2, 0.25) is 0 Å². The molecule has 5 nitrogen and oxygen atoms in total. The Hall–Kier alpha value is -3.08. The van der Waals surface area contributed by atoms with Crippen molar-refractivity contribution in [2.45, 2.75) is 32.9 Å². The summed E-state index contributed by atoms with van der Waals surface area (Å²) >= 11 is 0. The largest absolute Gasteiger partial charge is 0.363 e. The average molecular weight is 391 g/mol. The average Bonchev–Trinajstić information content (AvgIpc) is 3.08. The summed E-state index contributed by atoms with van der Waals surface area (Å²) in [5.74, 6) is 1.06. The van der Waals surface area contributed by atoms with Crippen LogP contribution in [-0.2, 0) is 13.6 Å². The summed E-state index contributed by atoms with van der Waals surface area (Å²) in [5.41, 5.74) is 3.76. The molecule has 2 aromatic carbocycles. The van der Waals surface area contributed by atoms with Crippen molar-refractivity contribution >= 4 is 11.7 Å². The second-order valence-electron chi connectivity index (χ2n) is 7.59. The Morgan fingerprint density at radius 2 is 1.62 bits per heavy atom. The van der Waals surface area contributed by atoms with Gasteiger partial charge >= 0.3 is 0 Å². The van der Waals surface area contributed by atoms with Gasteiger partial charge in [0.15, 0.2) is 0 Å². The summed E-state index contributed by atoms with van der Waals surface area (Å²) in [7, 11) is 5.99. The minimum absolute atomic E-state index is 0.0486. The molecule has 0 aliphatic rings. The molecular formula is C24H30N4O. The van der Waals surface area contributed by atoms with Gasteiger partial charge in [-0.15, -0.1) is 0 Å². The van der Waals surface area contributed by atoms with Gasteiger partial charge in [0.25, 0.3) is 5.91 Å². The van der Waals surface area contributed by atoms with Crippen LogP contribution in [0.5, 0.6) is 0 Å². The molecular weight excluding hydrogens is 360 g/mol. The number of rotatable bonds is 7. The molecule has 29 heavy (non-hydrogen) atoms. The molecule has 3 aromatic rings. The maximum absolute atomic E-state index is 13.4. The van der Waals surface area contributed by atoms with Crippen LogP contribution in [0, 0.1) is 0 Å². The zero-order valence-electron chi connectivity index (χ0n) is 18.0. The molecule has 0 bridgehead atoms. The summed E-state index contributed by atoms with van der Waals surface area (Å²) in [6.07, 6.45) is 0.886. The molecule has 1 amide bonds. The molecule has 3 rings (SSSR count). The molecule has 1 heterocycles. The number of anilines is 1. The number of hydrogen-bond acceptors (Lipinski definition) is 3. The molecule has 0 aliphatic carbocycles. The minimum atomic E-state index is 0.0486. The van der Waals surface area contributed by atoms with Crippen LogP contribution in [0.3, 0.4) is 0 Å². The zero-order valence-corrected chi connectivity index (χ0v) is 18.0. The minimum Gasteiger partial charge on any atom is -0.363 e. The van der Waals surface area contributed by atoms with Gasteiger partial charge in [-0.25, -0.2) is 0 Å². The molecule has 1 aromatic heterocycles. The molecule has 0 aliphatic heterocycles. The standard InChI is InChI=1S/C24H30N4O/c1-6-18(2)28(24(29)20-15-11-8-12-16-20)17-21-22(19-13-9-7-10-14-19)25-27(5)23(21)26(3)4/h7-16,18H,6,17H2,1-5H3. The van der Waals surface area contributed by atoms with Crippen molar-refractivity contribution in [1.29, 1.82) is 0 Å². The second-order valence-corrected chi connectivity index (χ2v) is 7.59. The van der Waals surface area contributed by atoms with Gasteiger partial charge in [-0.05, 0) is 25.5 Å². The van der Waals surface area contributed by atoms with Crippen molar-refractivity contribution in [3.05, 3.63) is 71.8 Å². The van der Waals surface area contributed by atoms with Crippen LogP contribution in [-0.4, -0.2) is 40.7 Å². The summed E-state index contributed by atoms with van der Waals surface area (Å²) < 4.78 is 1.90. The Morgan fingerprint density at radius 1 is 1.03 bits per heavy atom. The van der Waals surface area contributed by atoms with E-state index in [-0.39, 0.29) is 11.9 Å². The van der Waals surface area contributed by atoms with Crippen LogP contribution in [0.25, 0.3) is 11.3 Å². The van der Waals surface area contributed by atoms with Crippen molar-refractivity contribution in [3.63, 3.8) is 0 Å². The van der Waals surface area contributed by atoms with Crippen molar-refractivity contribution in [2.24, 2.45) is 7.05 Å². The van der Waals surface area contributed by atoms with Crippen molar-refractivity contribution in [2.75, 3.05) is 19.0 Å². The highest BCUT2D eigenvalue weighted by Crippen LogP contribution is 2.32. The fraction of sp³-hybridized carbons (Fsp3) is 0.333. The third kappa shape index (κ3) is 4.34. The molecule has 0 radical (unpaired) electrons. The summed E-state index contributed by atoms with van der Waals surface area (Å²) in [4.78, 5) is 17.4. The van der Waals surface area contributed by atoms with Gasteiger partial charge in [-0.3, -0.25) is 9.48 Å². The lowest BCUT2D eigenvalue weighted by Gasteiger charge is -2.30. The van der Waals surface area contributed by atoms with Crippen LogP contribution >= 0.6 is 0 Å². The molecule has 0 fully saturated rings. The van der Waals surface area contributed by atoms with Gasteiger partial charge in [-0.1, -0.05) is 55.5 Å². The Labute approximate surface area is 173 Å². The van der Waals surface area contributed by atoms with Crippen molar-refractivity contribution in [1.82, 2.24) is 14.7 Å². The number of aryl methyl sites for hydroxylation is 1. The van der Waals surface area contributed by atoms with Crippen LogP contribution in [0.2, 0.25) is 0 Å². The van der Waals surface area contributed by atoms with Crippen LogP contribution < -0.4 is 4.90 Å². The van der Waals surface area contributed by atoms with Crippen LogP contribution in [0.4, 0.5) is 5.82 Å². The number of nitrogens with zero attached hydrogens (tertiary/aromatic N) is 4. The van der Waals surface area contributed by atoms with Crippen molar-refractivity contribution < 1.29 is 4.79 Å². The van der Waals surface area contributed by atoms with E-state index in [1.165, 1.54) is 0 Å². The lowest BCUT2D eigenvalue weighted by Crippen LogP contribution is -2.38. The van der Waals surface area contributed by atoms with Gasteiger partial charge in [0.05, 0.1) is 12.2 Å². The Bertz CT molecular complexity index is 948. The quantitative estimate of drug-likeness (QED) is 0.592. The number of carbonyl (C=O) groups is 1. The molecule has 1 atom stereocenters. The highest BCUT2D eigenvalue weighted by atomic mass is 16.2. The van der Waals surface area contributed by atoms with Crippen molar-refractivity contribution in [3.8, 4) is 11.3 Å². The second kappa shape index (κ2) is 8.95. The van der Waals surface area contributed by atoms with Gasteiger partial charge in [-0.2, -0.15) is 5.10 Å². The normalized spacial score (nSPS) is 11.9. The summed E-state index contributed by atoms with van der Waals surface area (Å²) in [6.45, 7) is 4.73. The Balaban J connectivity index is 2.08. The van der Waals surface area contributed by atoms with E-state index in [2.05, 4.69) is 30.9 Å². The number of aromatic nitrogens is 2. The molecule has 152 valence electrons. The van der Waals surface area contributed by atoms with Gasteiger partial charge in [0, 0.05) is 43.9 Å². The number of carbonyl (C=O) groups excluding carboxylic acids is 1. The molecule has 5 heteroatoms. The fourth-order valence-corrected chi connectivity index (χ4v) is 3.66. The predicted octanol–water partition coefficient (Wildman–Crippen LogP) is 4.59. The predicted molar refractivity (Wildman–Crippen MR) is 119 cm³/mol. The number of benzene rings is 2. The lowest BCUT2D eigenvalue weighted by molar-refractivity contribution is 0.0672. The van der Waals surface area contributed by atoms with Gasteiger partial charge in [0.1, 0.15) is 5.82 Å². The summed E-state index contributed by atoms with van der Waals surface area (Å²) in [6, 6.07) is 19.8. The first-order chi connectivity index (χ1) is 13.9. The molecule has 0 saturated carbocycles. The fourth-order valence-electron chi connectivity index (χ4n) is 3.66. The van der Waals surface area contributed by atoms with E-state index in [1.54, 1.807) is 0 Å². The first kappa shape index (κ1) is 20.6. The third-order valence-corrected chi connectivity index (χ3v) is 5.32. The van der Waals surface area contributed by atoms with E-state index >= 15 is 0 Å². The SMILES string of the molecule is CCC(C)N(Cc1c(-c2ccccc2)nn(C)c1N(C)C)C(=O)c1ccccc1. The maximum Gasteiger partial charge on any atom is 0.254 e. The smallest absolute Gasteiger partial charge is 0.254 e. The van der Waals surface area contributed by atoms with E-state index in [1.807, 2.05) is 79.3 Å². The van der Waals surface area contributed by atoms with E-state index in [0.29, 0.717) is 12.1 Å². The monoisotopic (exact) mass is 390 g/mol. The number of hydrogen-bond donors (Lipinski definition) is 0. The van der Waals surface area contributed by atoms with E-state index in [0.717, 1.165) is 29.1 Å². The Kier molecular flexibility index (Phi) is 6.37. The summed E-state index contributed by atoms with van der Waals surface area (Å²) in [5, 5.41) is 4.81. The molecule has 0 spiro atoms. The highest BCUT2D eigenvalue weighted by molar-refractivity contribution is 5.94. The molecule has 1 unspecified atom stereocenters. The molecule has 0 saturated heterocycles. The highest BCUT2D eigenvalue weighted by Gasteiger charge is 2.26. The van der Waals surface area contributed by atoms with Gasteiger partial charge < -0.3 is 9.80 Å².